The second-order valence-electron chi connectivity index (χ2n) is 7.76. The lowest BCUT2D eigenvalue weighted by Crippen LogP contribution is -2.44. The van der Waals surface area contributed by atoms with Gasteiger partial charge in [0, 0.05) is 43.3 Å². The van der Waals surface area contributed by atoms with Crippen molar-refractivity contribution in [2.45, 2.75) is 38.3 Å². The number of nitriles is 1. The average molecular weight is 388 g/mol. The molecule has 4 rings (SSSR count). The highest BCUT2D eigenvalue weighted by Crippen LogP contribution is 2.25. The van der Waals surface area contributed by atoms with Crippen LogP contribution in [0.3, 0.4) is 0 Å². The van der Waals surface area contributed by atoms with E-state index in [-0.39, 0.29) is 17.9 Å². The fraction of sp³-hybridized carbons (Fsp3) is 0.348. The third-order valence-electron chi connectivity index (χ3n) is 5.65. The molecule has 2 amide bonds. The van der Waals surface area contributed by atoms with Gasteiger partial charge in [0.1, 0.15) is 0 Å². The number of carbonyl (C=O) groups excluding carboxylic acids is 2. The van der Waals surface area contributed by atoms with E-state index in [2.05, 4.69) is 39.8 Å². The molecule has 0 saturated carbocycles. The minimum Gasteiger partial charge on any atom is -0.349 e. The highest BCUT2D eigenvalue weighted by Gasteiger charge is 2.22. The molecule has 2 N–H and O–H groups in total. The summed E-state index contributed by atoms with van der Waals surface area (Å²) < 4.78 is 0. The Labute approximate surface area is 170 Å². The van der Waals surface area contributed by atoms with Gasteiger partial charge in [-0.1, -0.05) is 18.2 Å². The van der Waals surface area contributed by atoms with Gasteiger partial charge in [-0.15, -0.1) is 0 Å². The highest BCUT2D eigenvalue weighted by atomic mass is 16.2. The molecule has 6 nitrogen and oxygen atoms in total. The lowest BCUT2D eigenvalue weighted by Gasteiger charge is -2.32. The van der Waals surface area contributed by atoms with Crippen molar-refractivity contribution in [3.63, 3.8) is 0 Å². The zero-order chi connectivity index (χ0) is 20.2. The monoisotopic (exact) mass is 388 g/mol. The molecule has 0 bridgehead atoms. The number of piperidine rings is 1. The van der Waals surface area contributed by atoms with Gasteiger partial charge in [-0.25, -0.2) is 0 Å². The molecule has 0 aromatic heterocycles. The number of hydrogen-bond acceptors (Lipinski definition) is 4. The van der Waals surface area contributed by atoms with Crippen LogP contribution in [0.15, 0.2) is 42.5 Å². The molecule has 0 unspecified atom stereocenters. The van der Waals surface area contributed by atoms with E-state index in [1.165, 1.54) is 11.1 Å². The van der Waals surface area contributed by atoms with Crippen LogP contribution in [0.1, 0.15) is 46.3 Å². The SMILES string of the molecule is N#Cc1cccc(C(=O)NC2CCN(Cc3ccc4c(c3)NC(=O)CC4)CC2)c1. The number of nitrogens with zero attached hydrogens (tertiary/aromatic N) is 2. The van der Waals surface area contributed by atoms with Crippen LogP contribution in [0.2, 0.25) is 0 Å². The molecule has 2 heterocycles. The molecule has 6 heteroatoms. The third kappa shape index (κ3) is 4.64. The topological polar surface area (TPSA) is 85.2 Å². The summed E-state index contributed by atoms with van der Waals surface area (Å²) in [6.07, 6.45) is 3.16. The average Bonchev–Trinajstić information content (AvgIpc) is 2.75. The summed E-state index contributed by atoms with van der Waals surface area (Å²) in [5.74, 6) is -0.0301. The number of benzene rings is 2. The van der Waals surface area contributed by atoms with E-state index in [9.17, 15) is 9.59 Å². The predicted octanol–water partition coefficient (Wildman–Crippen LogP) is 2.84. The van der Waals surface area contributed by atoms with E-state index in [1.54, 1.807) is 24.3 Å². The molecule has 148 valence electrons. The van der Waals surface area contributed by atoms with Crippen molar-refractivity contribution in [2.75, 3.05) is 18.4 Å². The summed E-state index contributed by atoms with van der Waals surface area (Å²) >= 11 is 0. The minimum absolute atomic E-state index is 0.0894. The summed E-state index contributed by atoms with van der Waals surface area (Å²) in [6, 6.07) is 15.4. The number of amides is 2. The van der Waals surface area contributed by atoms with E-state index in [4.69, 9.17) is 5.26 Å². The number of anilines is 1. The van der Waals surface area contributed by atoms with E-state index in [1.807, 2.05) is 0 Å². The maximum atomic E-state index is 12.4. The van der Waals surface area contributed by atoms with E-state index >= 15 is 0 Å². The first-order valence-corrected chi connectivity index (χ1v) is 10.1. The van der Waals surface area contributed by atoms with Crippen molar-refractivity contribution in [2.24, 2.45) is 0 Å². The van der Waals surface area contributed by atoms with Crippen molar-refractivity contribution < 1.29 is 9.59 Å². The molecule has 29 heavy (non-hydrogen) atoms. The molecule has 0 spiro atoms. The maximum Gasteiger partial charge on any atom is 0.251 e. The zero-order valence-corrected chi connectivity index (χ0v) is 16.3. The van der Waals surface area contributed by atoms with Crippen molar-refractivity contribution in [1.29, 1.82) is 5.26 Å². The fourth-order valence-corrected chi connectivity index (χ4v) is 4.01. The van der Waals surface area contributed by atoms with Gasteiger partial charge in [0.15, 0.2) is 0 Å². The lowest BCUT2D eigenvalue weighted by atomic mass is 9.99. The predicted molar refractivity (Wildman–Crippen MR) is 110 cm³/mol. The standard InChI is InChI=1S/C23H24N4O2/c24-14-16-2-1-3-19(12-16)23(29)25-20-8-10-27(11-9-20)15-17-4-5-18-6-7-22(28)26-21(18)13-17/h1-5,12-13,20H,6-11,15H2,(H,25,29)(H,26,28). The molecule has 2 aliphatic rings. The largest absolute Gasteiger partial charge is 0.349 e. The summed E-state index contributed by atoms with van der Waals surface area (Å²) in [6.45, 7) is 2.66. The Morgan fingerprint density at radius 2 is 2.00 bits per heavy atom. The van der Waals surface area contributed by atoms with Crippen LogP contribution in [0.4, 0.5) is 5.69 Å². The fourth-order valence-electron chi connectivity index (χ4n) is 4.01. The van der Waals surface area contributed by atoms with Crippen molar-refractivity contribution >= 4 is 17.5 Å². The molecule has 0 atom stereocenters. The van der Waals surface area contributed by atoms with E-state index in [0.29, 0.717) is 17.5 Å². The smallest absolute Gasteiger partial charge is 0.251 e. The summed E-state index contributed by atoms with van der Waals surface area (Å²) in [4.78, 5) is 26.4. The van der Waals surface area contributed by atoms with Crippen molar-refractivity contribution in [1.82, 2.24) is 10.2 Å². The maximum absolute atomic E-state index is 12.4. The Bertz CT molecular complexity index is 971. The van der Waals surface area contributed by atoms with Gasteiger partial charge in [-0.05, 0) is 54.7 Å². The number of nitrogens with one attached hydrogen (secondary N) is 2. The van der Waals surface area contributed by atoms with Crippen LogP contribution in [-0.2, 0) is 17.8 Å². The van der Waals surface area contributed by atoms with Crippen LogP contribution < -0.4 is 10.6 Å². The summed E-state index contributed by atoms with van der Waals surface area (Å²) in [7, 11) is 0. The third-order valence-corrected chi connectivity index (χ3v) is 5.65. The van der Waals surface area contributed by atoms with Crippen LogP contribution in [0.25, 0.3) is 0 Å². The molecular weight excluding hydrogens is 364 g/mol. The molecule has 2 aromatic carbocycles. The highest BCUT2D eigenvalue weighted by molar-refractivity contribution is 5.95. The quantitative estimate of drug-likeness (QED) is 0.843. The van der Waals surface area contributed by atoms with Gasteiger partial charge >= 0.3 is 0 Å². The summed E-state index contributed by atoms with van der Waals surface area (Å²) in [5, 5.41) is 15.0. The number of fused-ring (bicyclic) bond motifs is 1. The second-order valence-corrected chi connectivity index (χ2v) is 7.76. The number of carbonyl (C=O) groups is 2. The first kappa shape index (κ1) is 19.2. The minimum atomic E-state index is -0.119. The van der Waals surface area contributed by atoms with Crippen molar-refractivity contribution in [3.05, 3.63) is 64.7 Å². The molecule has 1 saturated heterocycles. The Balaban J connectivity index is 1.29. The Kier molecular flexibility index (Phi) is 5.59. The normalized spacial score (nSPS) is 17.1. The Morgan fingerprint density at radius 3 is 2.79 bits per heavy atom. The molecule has 0 aliphatic carbocycles. The molecule has 0 radical (unpaired) electrons. The molecular formula is C23H24N4O2. The lowest BCUT2D eigenvalue weighted by molar-refractivity contribution is -0.116. The number of aryl methyl sites for hydroxylation is 1. The molecule has 2 aromatic rings. The second kappa shape index (κ2) is 8.46. The molecule has 1 fully saturated rings. The zero-order valence-electron chi connectivity index (χ0n) is 16.3. The van der Waals surface area contributed by atoms with Gasteiger partial charge in [0.25, 0.3) is 5.91 Å². The molecule has 2 aliphatic heterocycles. The number of rotatable bonds is 4. The van der Waals surface area contributed by atoms with Gasteiger partial charge in [0.05, 0.1) is 11.6 Å². The van der Waals surface area contributed by atoms with Gasteiger partial charge in [-0.2, -0.15) is 5.26 Å². The first-order chi connectivity index (χ1) is 14.1. The van der Waals surface area contributed by atoms with Crippen LogP contribution in [0.5, 0.6) is 0 Å². The Morgan fingerprint density at radius 1 is 1.17 bits per heavy atom. The van der Waals surface area contributed by atoms with Gasteiger partial charge in [-0.3, -0.25) is 14.5 Å². The van der Waals surface area contributed by atoms with Crippen LogP contribution >= 0.6 is 0 Å². The Hall–Kier alpha value is -3.17. The van der Waals surface area contributed by atoms with E-state index < -0.39 is 0 Å². The van der Waals surface area contributed by atoms with Crippen LogP contribution in [0, 0.1) is 11.3 Å². The van der Waals surface area contributed by atoms with E-state index in [0.717, 1.165) is 44.6 Å². The number of likely N-dealkylation sites (tertiary alicyclic amines) is 1. The van der Waals surface area contributed by atoms with Gasteiger partial charge in [0.2, 0.25) is 5.91 Å². The number of hydrogen-bond donors (Lipinski definition) is 2. The van der Waals surface area contributed by atoms with Crippen LogP contribution in [-0.4, -0.2) is 35.8 Å². The first-order valence-electron chi connectivity index (χ1n) is 10.1. The summed E-state index contributed by atoms with van der Waals surface area (Å²) in [5.41, 5.74) is 4.37. The van der Waals surface area contributed by atoms with Gasteiger partial charge < -0.3 is 10.6 Å². The van der Waals surface area contributed by atoms with Crippen molar-refractivity contribution in [3.8, 4) is 6.07 Å².